The lowest BCUT2D eigenvalue weighted by molar-refractivity contribution is 0.0934. The fourth-order valence-corrected chi connectivity index (χ4v) is 2.40. The Hall–Kier alpha value is -2.66. The van der Waals surface area contributed by atoms with Crippen LogP contribution in [0.5, 0.6) is 0 Å². The van der Waals surface area contributed by atoms with Crippen LogP contribution in [0, 0.1) is 0 Å². The molecule has 1 amide bonds. The van der Waals surface area contributed by atoms with E-state index < -0.39 is 0 Å². The maximum atomic E-state index is 12.3. The Labute approximate surface area is 138 Å². The van der Waals surface area contributed by atoms with Crippen molar-refractivity contribution in [3.63, 3.8) is 0 Å². The molecule has 2 heterocycles. The molecule has 0 bridgehead atoms. The highest BCUT2D eigenvalue weighted by molar-refractivity contribution is 6.30. The number of amides is 1. The minimum Gasteiger partial charge on any atom is -0.344 e. The molecular formula is C17H15ClN4O. The monoisotopic (exact) mass is 326 g/mol. The Bertz CT molecular complexity index is 816. The van der Waals surface area contributed by atoms with Gasteiger partial charge in [-0.3, -0.25) is 9.78 Å². The van der Waals surface area contributed by atoms with Gasteiger partial charge in [0.25, 0.3) is 5.91 Å². The molecule has 2 aromatic heterocycles. The standard InChI is InChI=1S/C17H15ClN4O/c1-12(13-5-8-19-9-6-13)20-17(23)16-7-10-22(21-16)15-4-2-3-14(18)11-15/h2-12H,1H3,(H,20,23)/t12-/m0/s1. The van der Waals surface area contributed by atoms with Gasteiger partial charge in [-0.05, 0) is 48.9 Å². The van der Waals surface area contributed by atoms with Crippen molar-refractivity contribution >= 4 is 17.5 Å². The molecule has 0 fully saturated rings. The van der Waals surface area contributed by atoms with Crippen LogP contribution in [-0.2, 0) is 0 Å². The Kier molecular flexibility index (Phi) is 4.39. The molecule has 0 aliphatic carbocycles. The van der Waals surface area contributed by atoms with Crippen molar-refractivity contribution in [2.45, 2.75) is 13.0 Å². The highest BCUT2D eigenvalue weighted by atomic mass is 35.5. The van der Waals surface area contributed by atoms with E-state index in [2.05, 4.69) is 15.4 Å². The smallest absolute Gasteiger partial charge is 0.272 e. The van der Waals surface area contributed by atoms with Gasteiger partial charge >= 0.3 is 0 Å². The number of halogens is 1. The molecule has 3 aromatic rings. The second kappa shape index (κ2) is 6.62. The van der Waals surface area contributed by atoms with E-state index in [-0.39, 0.29) is 11.9 Å². The van der Waals surface area contributed by atoms with Crippen LogP contribution in [0.25, 0.3) is 5.69 Å². The summed E-state index contributed by atoms with van der Waals surface area (Å²) in [7, 11) is 0. The van der Waals surface area contributed by atoms with Gasteiger partial charge in [0.1, 0.15) is 0 Å². The minimum absolute atomic E-state index is 0.123. The van der Waals surface area contributed by atoms with Gasteiger partial charge in [-0.25, -0.2) is 4.68 Å². The van der Waals surface area contributed by atoms with Crippen LogP contribution in [0.15, 0.2) is 61.1 Å². The normalized spacial score (nSPS) is 11.9. The summed E-state index contributed by atoms with van der Waals surface area (Å²) in [4.78, 5) is 16.3. The topological polar surface area (TPSA) is 59.8 Å². The molecule has 1 atom stereocenters. The van der Waals surface area contributed by atoms with Crippen LogP contribution in [0.3, 0.4) is 0 Å². The average molecular weight is 327 g/mol. The van der Waals surface area contributed by atoms with Crippen molar-refractivity contribution in [3.8, 4) is 5.69 Å². The van der Waals surface area contributed by atoms with E-state index in [1.54, 1.807) is 41.5 Å². The number of hydrogen-bond donors (Lipinski definition) is 1. The molecule has 0 spiro atoms. The summed E-state index contributed by atoms with van der Waals surface area (Å²) in [6, 6.07) is 12.6. The fraction of sp³-hybridized carbons (Fsp3) is 0.118. The molecule has 0 radical (unpaired) electrons. The third kappa shape index (κ3) is 3.57. The van der Waals surface area contributed by atoms with E-state index in [1.807, 2.05) is 31.2 Å². The lowest BCUT2D eigenvalue weighted by Crippen LogP contribution is -2.27. The summed E-state index contributed by atoms with van der Waals surface area (Å²) < 4.78 is 1.62. The second-order valence-electron chi connectivity index (χ2n) is 5.10. The number of benzene rings is 1. The summed E-state index contributed by atoms with van der Waals surface area (Å²) >= 11 is 5.98. The molecule has 1 N–H and O–H groups in total. The third-order valence-corrected chi connectivity index (χ3v) is 3.68. The molecule has 1 aromatic carbocycles. The van der Waals surface area contributed by atoms with Gasteiger partial charge in [0.2, 0.25) is 0 Å². The molecule has 0 saturated heterocycles. The average Bonchev–Trinajstić information content (AvgIpc) is 3.06. The number of carbonyl (C=O) groups is 1. The predicted molar refractivity (Wildman–Crippen MR) is 88.7 cm³/mol. The zero-order valence-corrected chi connectivity index (χ0v) is 13.2. The van der Waals surface area contributed by atoms with Crippen LogP contribution in [0.1, 0.15) is 29.0 Å². The molecule has 23 heavy (non-hydrogen) atoms. The van der Waals surface area contributed by atoms with Gasteiger partial charge in [-0.2, -0.15) is 5.10 Å². The van der Waals surface area contributed by atoms with E-state index in [0.717, 1.165) is 11.3 Å². The molecule has 0 unspecified atom stereocenters. The SMILES string of the molecule is C[C@H](NC(=O)c1ccn(-c2cccc(Cl)c2)n1)c1ccncc1. The van der Waals surface area contributed by atoms with Gasteiger partial charge in [0, 0.05) is 23.6 Å². The van der Waals surface area contributed by atoms with E-state index in [4.69, 9.17) is 11.6 Å². The number of hydrogen-bond acceptors (Lipinski definition) is 3. The number of nitrogens with zero attached hydrogens (tertiary/aromatic N) is 3. The Balaban J connectivity index is 1.74. The molecule has 5 nitrogen and oxygen atoms in total. The molecule has 116 valence electrons. The predicted octanol–water partition coefficient (Wildman–Crippen LogP) is 3.41. The van der Waals surface area contributed by atoms with Crippen LogP contribution < -0.4 is 5.32 Å². The number of carbonyl (C=O) groups excluding carboxylic acids is 1. The fourth-order valence-electron chi connectivity index (χ4n) is 2.21. The summed E-state index contributed by atoms with van der Waals surface area (Å²) in [6.45, 7) is 1.92. The number of aromatic nitrogens is 3. The maximum Gasteiger partial charge on any atom is 0.272 e. The van der Waals surface area contributed by atoms with Gasteiger partial charge < -0.3 is 5.32 Å². The van der Waals surface area contributed by atoms with Crippen LogP contribution in [-0.4, -0.2) is 20.7 Å². The Morgan fingerprint density at radius 3 is 2.74 bits per heavy atom. The first-order valence-corrected chi connectivity index (χ1v) is 7.53. The molecule has 0 aliphatic rings. The maximum absolute atomic E-state index is 12.3. The summed E-state index contributed by atoms with van der Waals surface area (Å²) in [5, 5.41) is 7.84. The molecule has 3 rings (SSSR count). The van der Waals surface area contributed by atoms with Gasteiger partial charge in [-0.15, -0.1) is 0 Å². The highest BCUT2D eigenvalue weighted by Crippen LogP contribution is 2.15. The van der Waals surface area contributed by atoms with Crippen LogP contribution in [0.2, 0.25) is 5.02 Å². The molecule has 6 heteroatoms. The number of rotatable bonds is 4. The zero-order valence-electron chi connectivity index (χ0n) is 12.5. The lowest BCUT2D eigenvalue weighted by Gasteiger charge is -2.12. The quantitative estimate of drug-likeness (QED) is 0.799. The van der Waals surface area contributed by atoms with Crippen molar-refractivity contribution in [1.82, 2.24) is 20.1 Å². The molecule has 0 aliphatic heterocycles. The van der Waals surface area contributed by atoms with Crippen molar-refractivity contribution in [2.24, 2.45) is 0 Å². The van der Waals surface area contributed by atoms with Crippen molar-refractivity contribution in [1.29, 1.82) is 0 Å². The van der Waals surface area contributed by atoms with Crippen molar-refractivity contribution < 1.29 is 4.79 Å². The first-order valence-electron chi connectivity index (χ1n) is 7.16. The van der Waals surface area contributed by atoms with Crippen molar-refractivity contribution in [3.05, 3.63) is 77.3 Å². The Morgan fingerprint density at radius 1 is 1.22 bits per heavy atom. The first-order chi connectivity index (χ1) is 11.1. The minimum atomic E-state index is -0.227. The van der Waals surface area contributed by atoms with Crippen LogP contribution in [0.4, 0.5) is 0 Å². The van der Waals surface area contributed by atoms with Crippen molar-refractivity contribution in [2.75, 3.05) is 0 Å². The van der Waals surface area contributed by atoms with E-state index in [0.29, 0.717) is 10.7 Å². The number of pyridine rings is 1. The Morgan fingerprint density at radius 2 is 2.00 bits per heavy atom. The summed E-state index contributed by atoms with van der Waals surface area (Å²) in [6.07, 6.45) is 5.13. The number of nitrogens with one attached hydrogen (secondary N) is 1. The van der Waals surface area contributed by atoms with Gasteiger partial charge in [0.05, 0.1) is 11.7 Å². The highest BCUT2D eigenvalue weighted by Gasteiger charge is 2.14. The lowest BCUT2D eigenvalue weighted by atomic mass is 10.1. The van der Waals surface area contributed by atoms with E-state index in [9.17, 15) is 4.79 Å². The second-order valence-corrected chi connectivity index (χ2v) is 5.54. The third-order valence-electron chi connectivity index (χ3n) is 3.45. The summed E-state index contributed by atoms with van der Waals surface area (Å²) in [5.41, 5.74) is 2.15. The molecular weight excluding hydrogens is 312 g/mol. The van der Waals surface area contributed by atoms with Gasteiger partial charge in [0.15, 0.2) is 5.69 Å². The van der Waals surface area contributed by atoms with Gasteiger partial charge in [-0.1, -0.05) is 17.7 Å². The van der Waals surface area contributed by atoms with Crippen LogP contribution >= 0.6 is 11.6 Å². The van der Waals surface area contributed by atoms with E-state index in [1.165, 1.54) is 0 Å². The molecule has 0 saturated carbocycles. The summed E-state index contributed by atoms with van der Waals surface area (Å²) in [5.74, 6) is -0.227. The van der Waals surface area contributed by atoms with E-state index >= 15 is 0 Å². The largest absolute Gasteiger partial charge is 0.344 e. The first kappa shape index (κ1) is 15.2. The zero-order chi connectivity index (χ0) is 16.2.